The summed E-state index contributed by atoms with van der Waals surface area (Å²) in [5, 5.41) is 8.60. The van der Waals surface area contributed by atoms with Crippen molar-refractivity contribution in [3.63, 3.8) is 0 Å². The van der Waals surface area contributed by atoms with Crippen molar-refractivity contribution in [2.45, 2.75) is 40.5 Å². The molecule has 82 valence electrons. The van der Waals surface area contributed by atoms with Crippen LogP contribution in [0.2, 0.25) is 0 Å². The van der Waals surface area contributed by atoms with Crippen molar-refractivity contribution in [2.24, 2.45) is 0 Å². The fourth-order valence-corrected chi connectivity index (χ4v) is 1.60. The Labute approximate surface area is 91.7 Å². The number of hydrogen-bond acceptors (Lipinski definition) is 1. The predicted octanol–water partition coefficient (Wildman–Crippen LogP) is 3.71. The zero-order valence-electron chi connectivity index (χ0n) is 10.1. The van der Waals surface area contributed by atoms with Crippen LogP contribution < -0.4 is 0 Å². The van der Waals surface area contributed by atoms with E-state index in [4.69, 9.17) is 0 Å². The molecular weight excluding hydrogens is 184 g/mol. The number of H-pyrrole nitrogens is 1. The van der Waals surface area contributed by atoms with Crippen LogP contribution in [0.1, 0.15) is 39.0 Å². The Hall–Kier alpha value is -1.31. The largest absolute Gasteiger partial charge is 0.281 e. The van der Waals surface area contributed by atoms with Gasteiger partial charge in [-0.05, 0) is 24.5 Å². The smallest absolute Gasteiger partial charge is 0.0926 e. The molecule has 2 rings (SSSR count). The highest BCUT2D eigenvalue weighted by molar-refractivity contribution is 5.81. The van der Waals surface area contributed by atoms with E-state index in [2.05, 4.69) is 42.2 Å². The minimum Gasteiger partial charge on any atom is -0.281 e. The van der Waals surface area contributed by atoms with E-state index in [-0.39, 0.29) is 0 Å². The molecule has 0 unspecified atom stereocenters. The first kappa shape index (κ1) is 11.8. The zero-order valence-corrected chi connectivity index (χ0v) is 10.1. The summed E-state index contributed by atoms with van der Waals surface area (Å²) in [6, 6.07) is 6.50. The molecule has 0 saturated heterocycles. The molecule has 2 nitrogen and oxygen atoms in total. The summed E-state index contributed by atoms with van der Waals surface area (Å²) in [4.78, 5) is 0. The number of aromatic amines is 1. The average Bonchev–Trinajstić information content (AvgIpc) is 2.73. The molecule has 0 radical (unpaired) electrons. The Morgan fingerprint density at radius 2 is 1.87 bits per heavy atom. The minimum absolute atomic E-state index is 1.02. The van der Waals surface area contributed by atoms with E-state index in [0.29, 0.717) is 0 Å². The van der Waals surface area contributed by atoms with Gasteiger partial charge in [-0.2, -0.15) is 5.10 Å². The van der Waals surface area contributed by atoms with Crippen molar-refractivity contribution < 1.29 is 0 Å². The van der Waals surface area contributed by atoms with Crippen molar-refractivity contribution in [1.29, 1.82) is 0 Å². The lowest BCUT2D eigenvalue weighted by molar-refractivity contribution is 0.988. The van der Waals surface area contributed by atoms with E-state index in [1.165, 1.54) is 16.6 Å². The summed E-state index contributed by atoms with van der Waals surface area (Å²) in [5.74, 6) is 0. The summed E-state index contributed by atoms with van der Waals surface area (Å²) < 4.78 is 0. The predicted molar refractivity (Wildman–Crippen MR) is 66.2 cm³/mol. The maximum Gasteiger partial charge on any atom is 0.0926 e. The van der Waals surface area contributed by atoms with Crippen LogP contribution in [0.5, 0.6) is 0 Å². The van der Waals surface area contributed by atoms with Crippen LogP contribution >= 0.6 is 0 Å². The SMILES string of the molecule is CC.CCc1ccc2c(CC)[nH]nc2c1. The zero-order chi connectivity index (χ0) is 11.3. The number of benzene rings is 1. The molecule has 0 bridgehead atoms. The summed E-state index contributed by atoms with van der Waals surface area (Å²) >= 11 is 0. The lowest BCUT2D eigenvalue weighted by Gasteiger charge is -1.95. The molecule has 1 N–H and O–H groups in total. The standard InChI is InChI=1S/C11H14N2.C2H6/c1-3-8-5-6-9-10(4-2)12-13-11(9)7-8;1-2/h5-7H,3-4H2,1-2H3,(H,12,13);1-2H3. The third kappa shape index (κ3) is 2.38. The van der Waals surface area contributed by atoms with Gasteiger partial charge in [0, 0.05) is 11.1 Å². The van der Waals surface area contributed by atoms with Crippen molar-refractivity contribution >= 4 is 10.9 Å². The van der Waals surface area contributed by atoms with Crippen LogP contribution in [0.4, 0.5) is 0 Å². The fraction of sp³-hybridized carbons (Fsp3) is 0.462. The summed E-state index contributed by atoms with van der Waals surface area (Å²) in [5.41, 5.74) is 3.68. The normalized spacial score (nSPS) is 9.87. The van der Waals surface area contributed by atoms with Crippen LogP contribution in [0.3, 0.4) is 0 Å². The van der Waals surface area contributed by atoms with E-state index in [1.54, 1.807) is 0 Å². The van der Waals surface area contributed by atoms with E-state index in [0.717, 1.165) is 18.4 Å². The molecule has 2 aromatic rings. The number of aromatic nitrogens is 2. The first-order valence-corrected chi connectivity index (χ1v) is 5.81. The molecule has 0 spiro atoms. The van der Waals surface area contributed by atoms with Crippen LogP contribution in [-0.4, -0.2) is 10.2 Å². The molecule has 0 saturated carbocycles. The Morgan fingerprint density at radius 3 is 2.47 bits per heavy atom. The van der Waals surface area contributed by atoms with Gasteiger partial charge in [0.2, 0.25) is 0 Å². The van der Waals surface area contributed by atoms with E-state index >= 15 is 0 Å². The fourth-order valence-electron chi connectivity index (χ4n) is 1.60. The Balaban J connectivity index is 0.000000531. The first-order valence-electron chi connectivity index (χ1n) is 5.81. The van der Waals surface area contributed by atoms with Crippen molar-refractivity contribution in [3.8, 4) is 0 Å². The van der Waals surface area contributed by atoms with Crippen molar-refractivity contribution in [3.05, 3.63) is 29.5 Å². The topological polar surface area (TPSA) is 28.7 Å². The van der Waals surface area contributed by atoms with Gasteiger partial charge in [0.15, 0.2) is 0 Å². The van der Waals surface area contributed by atoms with Crippen LogP contribution in [0.15, 0.2) is 18.2 Å². The number of fused-ring (bicyclic) bond motifs is 1. The summed E-state index contributed by atoms with van der Waals surface area (Å²) in [6.45, 7) is 8.30. The number of nitrogens with zero attached hydrogens (tertiary/aromatic N) is 1. The Morgan fingerprint density at radius 1 is 1.13 bits per heavy atom. The van der Waals surface area contributed by atoms with E-state index in [1.807, 2.05) is 13.8 Å². The molecule has 0 amide bonds. The van der Waals surface area contributed by atoms with Crippen molar-refractivity contribution in [2.75, 3.05) is 0 Å². The maximum atomic E-state index is 4.27. The molecule has 0 aliphatic heterocycles. The van der Waals surface area contributed by atoms with Crippen LogP contribution in [0, 0.1) is 0 Å². The van der Waals surface area contributed by atoms with E-state index < -0.39 is 0 Å². The average molecular weight is 204 g/mol. The molecule has 0 fully saturated rings. The second-order valence-electron chi connectivity index (χ2n) is 3.26. The molecule has 0 atom stereocenters. The van der Waals surface area contributed by atoms with Crippen LogP contribution in [0.25, 0.3) is 10.9 Å². The van der Waals surface area contributed by atoms with Gasteiger partial charge < -0.3 is 0 Å². The molecular formula is C13H20N2. The van der Waals surface area contributed by atoms with Gasteiger partial charge in [0.25, 0.3) is 0 Å². The highest BCUT2D eigenvalue weighted by atomic mass is 15.1. The molecule has 0 aliphatic carbocycles. The lowest BCUT2D eigenvalue weighted by atomic mass is 10.1. The molecule has 2 heteroatoms. The molecule has 15 heavy (non-hydrogen) atoms. The van der Waals surface area contributed by atoms with Crippen LogP contribution in [-0.2, 0) is 12.8 Å². The Bertz CT molecular complexity index is 415. The van der Waals surface area contributed by atoms with Gasteiger partial charge in [0.1, 0.15) is 0 Å². The monoisotopic (exact) mass is 204 g/mol. The molecule has 0 aliphatic rings. The number of nitrogens with one attached hydrogen (secondary N) is 1. The van der Waals surface area contributed by atoms with Gasteiger partial charge in [0.05, 0.1) is 5.52 Å². The number of hydrogen-bond donors (Lipinski definition) is 1. The first-order chi connectivity index (χ1) is 7.35. The van der Waals surface area contributed by atoms with Gasteiger partial charge in [-0.15, -0.1) is 0 Å². The second kappa shape index (κ2) is 5.54. The van der Waals surface area contributed by atoms with Gasteiger partial charge in [-0.1, -0.05) is 39.8 Å². The van der Waals surface area contributed by atoms with Gasteiger partial charge in [-0.3, -0.25) is 5.10 Å². The number of aryl methyl sites for hydroxylation is 2. The van der Waals surface area contributed by atoms with E-state index in [9.17, 15) is 0 Å². The van der Waals surface area contributed by atoms with Crippen molar-refractivity contribution in [1.82, 2.24) is 10.2 Å². The lowest BCUT2D eigenvalue weighted by Crippen LogP contribution is -1.80. The Kier molecular flexibility index (Phi) is 4.35. The molecule has 1 aromatic heterocycles. The third-order valence-electron chi connectivity index (χ3n) is 2.46. The van der Waals surface area contributed by atoms with Gasteiger partial charge in [-0.25, -0.2) is 0 Å². The molecule has 1 heterocycles. The number of rotatable bonds is 2. The third-order valence-corrected chi connectivity index (χ3v) is 2.46. The summed E-state index contributed by atoms with van der Waals surface area (Å²) in [7, 11) is 0. The minimum atomic E-state index is 1.02. The quantitative estimate of drug-likeness (QED) is 0.793. The second-order valence-corrected chi connectivity index (χ2v) is 3.26. The summed E-state index contributed by atoms with van der Waals surface area (Å²) in [6.07, 6.45) is 2.09. The highest BCUT2D eigenvalue weighted by Crippen LogP contribution is 2.17. The maximum absolute atomic E-state index is 4.27. The highest BCUT2D eigenvalue weighted by Gasteiger charge is 2.02. The van der Waals surface area contributed by atoms with Gasteiger partial charge >= 0.3 is 0 Å². The molecule has 1 aromatic carbocycles.